The molecule has 1 aliphatic rings. The molecule has 18 heavy (non-hydrogen) atoms. The lowest BCUT2D eigenvalue weighted by molar-refractivity contribution is 0.420. The molecule has 2 aromatic rings. The first-order valence-electron chi connectivity index (χ1n) is 6.47. The molecule has 0 spiro atoms. The van der Waals surface area contributed by atoms with E-state index >= 15 is 0 Å². The van der Waals surface area contributed by atoms with Gasteiger partial charge in [0.25, 0.3) is 0 Å². The van der Waals surface area contributed by atoms with Crippen molar-refractivity contribution in [3.05, 3.63) is 42.2 Å². The predicted molar refractivity (Wildman–Crippen MR) is 73.6 cm³/mol. The summed E-state index contributed by atoms with van der Waals surface area (Å²) >= 11 is 0. The Morgan fingerprint density at radius 2 is 1.89 bits per heavy atom. The van der Waals surface area contributed by atoms with Crippen LogP contribution in [0.2, 0.25) is 0 Å². The van der Waals surface area contributed by atoms with Crippen LogP contribution in [0, 0.1) is 0 Å². The van der Waals surface area contributed by atoms with E-state index in [1.165, 1.54) is 24.8 Å². The van der Waals surface area contributed by atoms with E-state index in [0.717, 1.165) is 23.0 Å². The summed E-state index contributed by atoms with van der Waals surface area (Å²) in [5, 5.41) is 3.01. The van der Waals surface area contributed by atoms with Crippen molar-refractivity contribution in [3.63, 3.8) is 0 Å². The van der Waals surface area contributed by atoms with Gasteiger partial charge < -0.3 is 5.32 Å². The van der Waals surface area contributed by atoms with Gasteiger partial charge in [0.1, 0.15) is 5.82 Å². The molecule has 1 N–H and O–H groups in total. The molecule has 3 nitrogen and oxygen atoms in total. The Kier molecular flexibility index (Phi) is 2.97. The van der Waals surface area contributed by atoms with Gasteiger partial charge in [-0.15, -0.1) is 0 Å². The maximum absolute atomic E-state index is 4.50. The van der Waals surface area contributed by atoms with Crippen molar-refractivity contribution in [2.24, 2.45) is 0 Å². The van der Waals surface area contributed by atoms with Crippen LogP contribution >= 0.6 is 0 Å². The molecule has 1 aromatic heterocycles. The molecule has 0 atom stereocenters. The first kappa shape index (κ1) is 11.2. The molecule has 0 aliphatic heterocycles. The Morgan fingerprint density at radius 3 is 2.50 bits per heavy atom. The summed E-state index contributed by atoms with van der Waals surface area (Å²) in [5.41, 5.74) is 3.51. The number of rotatable bonds is 3. The van der Waals surface area contributed by atoms with Crippen molar-refractivity contribution in [2.45, 2.75) is 25.2 Å². The van der Waals surface area contributed by atoms with Gasteiger partial charge in [0.2, 0.25) is 0 Å². The lowest BCUT2D eigenvalue weighted by Gasteiger charge is -2.25. The van der Waals surface area contributed by atoms with Crippen molar-refractivity contribution in [2.75, 3.05) is 12.4 Å². The van der Waals surface area contributed by atoms with E-state index in [9.17, 15) is 0 Å². The molecular formula is C15H17N3. The largest absolute Gasteiger partial charge is 0.372 e. The number of aromatic nitrogens is 2. The van der Waals surface area contributed by atoms with Gasteiger partial charge in [-0.1, -0.05) is 30.7 Å². The van der Waals surface area contributed by atoms with E-state index in [4.69, 9.17) is 0 Å². The smallest absolute Gasteiger partial charge is 0.144 e. The second-order valence-corrected chi connectivity index (χ2v) is 4.79. The molecular weight excluding hydrogens is 222 g/mol. The molecule has 3 heteroatoms. The second-order valence-electron chi connectivity index (χ2n) is 4.79. The van der Waals surface area contributed by atoms with Crippen LogP contribution in [0.1, 0.15) is 30.7 Å². The lowest BCUT2D eigenvalue weighted by Crippen LogP contribution is -2.08. The summed E-state index contributed by atoms with van der Waals surface area (Å²) in [6.07, 6.45) is 7.59. The zero-order chi connectivity index (χ0) is 12.4. The van der Waals surface area contributed by atoms with Crippen LogP contribution in [-0.2, 0) is 0 Å². The van der Waals surface area contributed by atoms with E-state index in [2.05, 4.69) is 39.6 Å². The summed E-state index contributed by atoms with van der Waals surface area (Å²) in [5.74, 6) is 1.59. The SMILES string of the molecule is CNc1cncc(-c2ccc(C3CCC3)cc2)n1. The third-order valence-corrected chi connectivity index (χ3v) is 3.67. The first-order valence-corrected chi connectivity index (χ1v) is 6.47. The molecule has 92 valence electrons. The fourth-order valence-electron chi connectivity index (χ4n) is 2.29. The maximum atomic E-state index is 4.50. The fraction of sp³-hybridized carbons (Fsp3) is 0.333. The lowest BCUT2D eigenvalue weighted by atomic mass is 9.80. The van der Waals surface area contributed by atoms with Crippen LogP contribution in [0.25, 0.3) is 11.3 Å². The van der Waals surface area contributed by atoms with Crippen LogP contribution in [0.4, 0.5) is 5.82 Å². The molecule has 0 saturated heterocycles. The third-order valence-electron chi connectivity index (χ3n) is 3.67. The first-order chi connectivity index (χ1) is 8.86. The summed E-state index contributed by atoms with van der Waals surface area (Å²) in [4.78, 5) is 8.69. The van der Waals surface area contributed by atoms with Gasteiger partial charge >= 0.3 is 0 Å². The van der Waals surface area contributed by atoms with Gasteiger partial charge in [0.15, 0.2) is 0 Å². The normalized spacial score (nSPS) is 15.2. The summed E-state index contributed by atoms with van der Waals surface area (Å²) in [7, 11) is 1.85. The molecule has 3 rings (SSSR count). The topological polar surface area (TPSA) is 37.8 Å². The van der Waals surface area contributed by atoms with Gasteiger partial charge in [0, 0.05) is 12.6 Å². The Balaban J connectivity index is 1.86. The second kappa shape index (κ2) is 4.77. The standard InChI is InChI=1S/C15H17N3/c1-16-15-10-17-9-14(18-15)13-7-5-12(6-8-13)11-3-2-4-11/h5-11H,2-4H2,1H3,(H,16,18). The summed E-state index contributed by atoms with van der Waals surface area (Å²) < 4.78 is 0. The van der Waals surface area contributed by atoms with Crippen LogP contribution in [0.3, 0.4) is 0 Å². The van der Waals surface area contributed by atoms with Gasteiger partial charge in [0.05, 0.1) is 18.1 Å². The Labute approximate surface area is 107 Å². The van der Waals surface area contributed by atoms with E-state index in [1.807, 2.05) is 7.05 Å². The Hall–Kier alpha value is -1.90. The third kappa shape index (κ3) is 2.08. The van der Waals surface area contributed by atoms with Crippen molar-refractivity contribution < 1.29 is 0 Å². The molecule has 1 aromatic carbocycles. The highest BCUT2D eigenvalue weighted by Gasteiger charge is 2.19. The van der Waals surface area contributed by atoms with Crippen LogP contribution in [0.15, 0.2) is 36.7 Å². The molecule has 1 aliphatic carbocycles. The van der Waals surface area contributed by atoms with E-state index < -0.39 is 0 Å². The van der Waals surface area contributed by atoms with Crippen LogP contribution in [-0.4, -0.2) is 17.0 Å². The molecule has 1 fully saturated rings. The Morgan fingerprint density at radius 1 is 1.11 bits per heavy atom. The van der Waals surface area contributed by atoms with E-state index in [1.54, 1.807) is 12.4 Å². The summed E-state index contributed by atoms with van der Waals surface area (Å²) in [6, 6.07) is 8.76. The Bertz CT molecular complexity index is 530. The number of benzene rings is 1. The highest BCUT2D eigenvalue weighted by molar-refractivity contribution is 5.60. The van der Waals surface area contributed by atoms with Crippen molar-refractivity contribution in [3.8, 4) is 11.3 Å². The maximum Gasteiger partial charge on any atom is 0.144 e. The number of anilines is 1. The van der Waals surface area contributed by atoms with Crippen LogP contribution in [0.5, 0.6) is 0 Å². The molecule has 0 bridgehead atoms. The van der Waals surface area contributed by atoms with Crippen molar-refractivity contribution in [1.82, 2.24) is 9.97 Å². The molecule has 1 heterocycles. The number of nitrogens with one attached hydrogen (secondary N) is 1. The number of hydrogen-bond acceptors (Lipinski definition) is 3. The van der Waals surface area contributed by atoms with Gasteiger partial charge in [-0.2, -0.15) is 0 Å². The van der Waals surface area contributed by atoms with E-state index in [0.29, 0.717) is 0 Å². The van der Waals surface area contributed by atoms with Gasteiger partial charge in [-0.25, -0.2) is 4.98 Å². The zero-order valence-corrected chi connectivity index (χ0v) is 10.6. The minimum atomic E-state index is 0.786. The number of nitrogens with zero attached hydrogens (tertiary/aromatic N) is 2. The monoisotopic (exact) mass is 239 g/mol. The fourth-order valence-corrected chi connectivity index (χ4v) is 2.29. The minimum absolute atomic E-state index is 0.786. The quantitative estimate of drug-likeness (QED) is 0.891. The highest BCUT2D eigenvalue weighted by Crippen LogP contribution is 2.36. The minimum Gasteiger partial charge on any atom is -0.372 e. The zero-order valence-electron chi connectivity index (χ0n) is 10.6. The van der Waals surface area contributed by atoms with Gasteiger partial charge in [-0.05, 0) is 24.3 Å². The highest BCUT2D eigenvalue weighted by atomic mass is 15.0. The van der Waals surface area contributed by atoms with Gasteiger partial charge in [-0.3, -0.25) is 4.98 Å². The van der Waals surface area contributed by atoms with Crippen LogP contribution < -0.4 is 5.32 Å². The average Bonchev–Trinajstić information content (AvgIpc) is 2.38. The average molecular weight is 239 g/mol. The molecule has 0 amide bonds. The molecule has 0 radical (unpaired) electrons. The summed E-state index contributed by atoms with van der Waals surface area (Å²) in [6.45, 7) is 0. The van der Waals surface area contributed by atoms with E-state index in [-0.39, 0.29) is 0 Å². The number of hydrogen-bond donors (Lipinski definition) is 1. The predicted octanol–water partition coefficient (Wildman–Crippen LogP) is 3.45. The van der Waals surface area contributed by atoms with Crippen molar-refractivity contribution in [1.29, 1.82) is 0 Å². The molecule has 0 unspecified atom stereocenters. The molecule has 1 saturated carbocycles. The van der Waals surface area contributed by atoms with Crippen molar-refractivity contribution >= 4 is 5.82 Å².